The summed E-state index contributed by atoms with van der Waals surface area (Å²) in [6.45, 7) is 4.17. The number of oxazole rings is 1. The fraction of sp³-hybridized carbons (Fsp3) is 0.688. The lowest BCUT2D eigenvalue weighted by molar-refractivity contribution is -0.133. The van der Waals surface area contributed by atoms with E-state index < -0.39 is 5.76 Å². The van der Waals surface area contributed by atoms with E-state index in [1.165, 1.54) is 6.26 Å². The lowest BCUT2D eigenvalue weighted by Crippen LogP contribution is -2.37. The molecule has 1 aromatic heterocycles. The highest BCUT2D eigenvalue weighted by Gasteiger charge is 2.60. The molecule has 1 saturated carbocycles. The summed E-state index contributed by atoms with van der Waals surface area (Å²) >= 11 is 0. The van der Waals surface area contributed by atoms with Crippen LogP contribution in [0, 0.1) is 29.6 Å². The first-order valence-corrected chi connectivity index (χ1v) is 8.45. The maximum Gasteiger partial charge on any atom is 0.416 e. The van der Waals surface area contributed by atoms with Crippen LogP contribution < -0.4 is 5.76 Å². The number of nitrogens with zero attached hydrogens (tertiary/aromatic N) is 2. The van der Waals surface area contributed by atoms with E-state index in [4.69, 9.17) is 4.74 Å². The Balaban J connectivity index is 1.21. The van der Waals surface area contributed by atoms with Crippen LogP contribution in [-0.4, -0.2) is 66.0 Å². The molecule has 4 heterocycles. The molecule has 8 nitrogen and oxygen atoms in total. The summed E-state index contributed by atoms with van der Waals surface area (Å²) in [6.07, 6.45) is 1.17. The molecule has 4 aliphatic rings. The largest absolute Gasteiger partial charge is 0.416 e. The van der Waals surface area contributed by atoms with Gasteiger partial charge in [-0.2, -0.15) is 0 Å². The number of ether oxygens (including phenoxy) is 1. The molecule has 1 unspecified atom stereocenters. The van der Waals surface area contributed by atoms with Gasteiger partial charge < -0.3 is 19.0 Å². The van der Waals surface area contributed by atoms with Crippen LogP contribution in [-0.2, 0) is 9.53 Å². The third kappa shape index (κ3) is 2.05. The van der Waals surface area contributed by atoms with Gasteiger partial charge in [0.25, 0.3) is 5.91 Å². The Kier molecular flexibility index (Phi) is 2.94. The summed E-state index contributed by atoms with van der Waals surface area (Å²) in [5, 5.41) is 0. The summed E-state index contributed by atoms with van der Waals surface area (Å²) in [5.41, 5.74) is 0.193. The van der Waals surface area contributed by atoms with Crippen LogP contribution in [0.1, 0.15) is 10.5 Å². The molecule has 1 aliphatic carbocycles. The minimum Gasteiger partial charge on any atom is -0.416 e. The van der Waals surface area contributed by atoms with Gasteiger partial charge >= 0.3 is 5.76 Å². The normalized spacial score (nSPS) is 36.8. The predicted octanol–water partition coefficient (Wildman–Crippen LogP) is -0.609. The molecule has 5 rings (SSSR count). The number of aromatic nitrogens is 1. The third-order valence-electron chi connectivity index (χ3n) is 6.07. The number of H-pyrrole nitrogens is 1. The van der Waals surface area contributed by atoms with Crippen molar-refractivity contribution < 1.29 is 18.7 Å². The second-order valence-corrected chi connectivity index (χ2v) is 7.43. The maximum absolute atomic E-state index is 12.6. The molecule has 2 amide bonds. The third-order valence-corrected chi connectivity index (χ3v) is 6.07. The maximum atomic E-state index is 12.6. The molecule has 4 fully saturated rings. The second-order valence-electron chi connectivity index (χ2n) is 7.43. The van der Waals surface area contributed by atoms with Gasteiger partial charge in [0.1, 0.15) is 12.0 Å². The minimum absolute atomic E-state index is 0.173. The van der Waals surface area contributed by atoms with E-state index in [1.54, 1.807) is 4.90 Å². The molecular formula is C16H19N3O5. The van der Waals surface area contributed by atoms with Crippen molar-refractivity contribution in [2.75, 3.05) is 39.4 Å². The molecule has 8 heteroatoms. The van der Waals surface area contributed by atoms with Gasteiger partial charge in [0, 0.05) is 43.9 Å². The number of rotatable bonds is 2. The number of amides is 2. The highest BCUT2D eigenvalue weighted by molar-refractivity contribution is 5.92. The van der Waals surface area contributed by atoms with Crippen LogP contribution in [0.15, 0.2) is 15.5 Å². The average molecular weight is 333 g/mol. The van der Waals surface area contributed by atoms with E-state index in [2.05, 4.69) is 9.40 Å². The SMILES string of the molecule is O=C(c1coc(=O)[nH]1)N1C[C@@H]2CN(C(=O)C3[C@H]4COC[C@@H]34)C[C@@H]2C1. The Morgan fingerprint density at radius 1 is 1.04 bits per heavy atom. The Hall–Kier alpha value is -2.09. The number of hydrogen-bond donors (Lipinski definition) is 1. The standard InChI is InChI=1S/C16H19N3O5/c20-14(12-7-24-16(22)17-12)18-1-8-3-19(4-9(8)2-18)15(21)13-10-5-23-6-11(10)13/h7-11,13H,1-6H2,(H,17,22)/t8-,9+,10-,11+,13?. The Morgan fingerprint density at radius 3 is 2.25 bits per heavy atom. The quantitative estimate of drug-likeness (QED) is 0.779. The van der Waals surface area contributed by atoms with Crippen molar-refractivity contribution >= 4 is 11.8 Å². The van der Waals surface area contributed by atoms with Crippen molar-refractivity contribution in [2.24, 2.45) is 29.6 Å². The number of aromatic amines is 1. The molecule has 128 valence electrons. The van der Waals surface area contributed by atoms with Gasteiger partial charge in [-0.1, -0.05) is 0 Å². The minimum atomic E-state index is -0.617. The van der Waals surface area contributed by atoms with Crippen LogP contribution in [0.25, 0.3) is 0 Å². The number of carbonyl (C=O) groups is 2. The smallest absolute Gasteiger partial charge is 0.416 e. The van der Waals surface area contributed by atoms with E-state index in [1.807, 2.05) is 4.90 Å². The van der Waals surface area contributed by atoms with Crippen molar-refractivity contribution in [1.82, 2.24) is 14.8 Å². The first-order chi connectivity index (χ1) is 11.6. The first-order valence-electron chi connectivity index (χ1n) is 8.45. The van der Waals surface area contributed by atoms with E-state index in [0.29, 0.717) is 36.8 Å². The van der Waals surface area contributed by atoms with Crippen molar-refractivity contribution in [1.29, 1.82) is 0 Å². The van der Waals surface area contributed by atoms with Gasteiger partial charge in [0.15, 0.2) is 0 Å². The monoisotopic (exact) mass is 333 g/mol. The highest BCUT2D eigenvalue weighted by atomic mass is 16.5. The average Bonchev–Trinajstić information content (AvgIpc) is 3.09. The van der Waals surface area contributed by atoms with Crippen LogP contribution in [0.2, 0.25) is 0 Å². The fourth-order valence-electron chi connectivity index (χ4n) is 4.71. The number of likely N-dealkylation sites (tertiary alicyclic amines) is 2. The van der Waals surface area contributed by atoms with Gasteiger partial charge in [-0.3, -0.25) is 14.6 Å². The molecule has 0 aromatic carbocycles. The number of fused-ring (bicyclic) bond motifs is 2. The number of hydrogen-bond acceptors (Lipinski definition) is 5. The predicted molar refractivity (Wildman–Crippen MR) is 80.1 cm³/mol. The first kappa shape index (κ1) is 14.3. The fourth-order valence-corrected chi connectivity index (χ4v) is 4.71. The molecular weight excluding hydrogens is 314 g/mol. The van der Waals surface area contributed by atoms with E-state index in [-0.39, 0.29) is 23.4 Å². The van der Waals surface area contributed by atoms with Crippen molar-refractivity contribution in [2.45, 2.75) is 0 Å². The molecule has 0 radical (unpaired) electrons. The molecule has 3 saturated heterocycles. The van der Waals surface area contributed by atoms with E-state index in [0.717, 1.165) is 26.3 Å². The molecule has 0 spiro atoms. The molecule has 5 atom stereocenters. The van der Waals surface area contributed by atoms with Gasteiger partial charge in [-0.25, -0.2) is 4.79 Å². The topological polar surface area (TPSA) is 95.9 Å². The summed E-state index contributed by atoms with van der Waals surface area (Å²) in [4.78, 5) is 42.2. The molecule has 1 N–H and O–H groups in total. The summed E-state index contributed by atoms with van der Waals surface area (Å²) in [6, 6.07) is 0. The van der Waals surface area contributed by atoms with Crippen molar-refractivity contribution in [3.05, 3.63) is 22.5 Å². The van der Waals surface area contributed by atoms with Crippen LogP contribution in [0.5, 0.6) is 0 Å². The zero-order valence-electron chi connectivity index (χ0n) is 13.1. The van der Waals surface area contributed by atoms with Crippen LogP contribution in [0.4, 0.5) is 0 Å². The molecule has 0 bridgehead atoms. The lowest BCUT2D eigenvalue weighted by Gasteiger charge is -2.22. The van der Waals surface area contributed by atoms with Crippen LogP contribution >= 0.6 is 0 Å². The Morgan fingerprint density at radius 2 is 1.67 bits per heavy atom. The number of carbonyl (C=O) groups excluding carboxylic acids is 2. The summed E-state index contributed by atoms with van der Waals surface area (Å²) < 4.78 is 10.00. The van der Waals surface area contributed by atoms with Crippen molar-refractivity contribution in [3.63, 3.8) is 0 Å². The van der Waals surface area contributed by atoms with Gasteiger partial charge in [-0.15, -0.1) is 0 Å². The zero-order chi connectivity index (χ0) is 16.4. The number of nitrogens with one attached hydrogen (secondary N) is 1. The highest BCUT2D eigenvalue weighted by Crippen LogP contribution is 2.52. The zero-order valence-corrected chi connectivity index (χ0v) is 13.1. The molecule has 24 heavy (non-hydrogen) atoms. The molecule has 1 aromatic rings. The van der Waals surface area contributed by atoms with Crippen molar-refractivity contribution in [3.8, 4) is 0 Å². The van der Waals surface area contributed by atoms with Crippen LogP contribution in [0.3, 0.4) is 0 Å². The molecule has 3 aliphatic heterocycles. The Labute approximate surface area is 137 Å². The Bertz CT molecular complexity index is 731. The van der Waals surface area contributed by atoms with Gasteiger partial charge in [-0.05, 0) is 11.8 Å². The van der Waals surface area contributed by atoms with Gasteiger partial charge in [0.05, 0.1) is 13.2 Å². The van der Waals surface area contributed by atoms with E-state index in [9.17, 15) is 14.4 Å². The second kappa shape index (κ2) is 4.95. The van der Waals surface area contributed by atoms with Gasteiger partial charge in [0.2, 0.25) is 5.91 Å². The van der Waals surface area contributed by atoms with E-state index >= 15 is 0 Å². The summed E-state index contributed by atoms with van der Waals surface area (Å²) in [7, 11) is 0. The summed E-state index contributed by atoms with van der Waals surface area (Å²) in [5.74, 6) is 1.15. The lowest BCUT2D eigenvalue weighted by atomic mass is 10.0.